The molecule has 0 radical (unpaired) electrons. The van der Waals surface area contributed by atoms with E-state index in [2.05, 4.69) is 10.6 Å². The van der Waals surface area contributed by atoms with Crippen LogP contribution >= 0.6 is 0 Å². The molecule has 19 heavy (non-hydrogen) atoms. The van der Waals surface area contributed by atoms with E-state index in [-0.39, 0.29) is 17.7 Å². The molecule has 2 rings (SSSR count). The minimum absolute atomic E-state index is 0.117. The van der Waals surface area contributed by atoms with Gasteiger partial charge >= 0.3 is 0 Å². The van der Waals surface area contributed by atoms with Crippen molar-refractivity contribution in [2.75, 3.05) is 6.54 Å². The van der Waals surface area contributed by atoms with Gasteiger partial charge < -0.3 is 20.5 Å². The van der Waals surface area contributed by atoms with E-state index in [9.17, 15) is 14.7 Å². The lowest BCUT2D eigenvalue weighted by atomic mass is 10.1. The van der Waals surface area contributed by atoms with Crippen LogP contribution < -0.4 is 10.6 Å². The number of amides is 1. The lowest BCUT2D eigenvalue weighted by Gasteiger charge is -2.16. The smallest absolute Gasteiger partial charge is 0.237 e. The number of rotatable bonds is 5. The van der Waals surface area contributed by atoms with E-state index in [4.69, 9.17) is 0 Å². The molecule has 0 unspecified atom stereocenters. The van der Waals surface area contributed by atoms with Gasteiger partial charge in [0, 0.05) is 0 Å². The first-order chi connectivity index (χ1) is 9.19. The maximum absolute atomic E-state index is 11.9. The first-order valence-corrected chi connectivity index (χ1v) is 6.46. The number of phenolic OH excluding ortho intramolecular Hbond substituents is 1. The zero-order valence-electron chi connectivity index (χ0n) is 10.6. The van der Waals surface area contributed by atoms with Gasteiger partial charge in [-0.2, -0.15) is 0 Å². The van der Waals surface area contributed by atoms with Crippen LogP contribution in [0.1, 0.15) is 18.4 Å². The predicted molar refractivity (Wildman–Crippen MR) is 70.8 cm³/mol. The minimum Gasteiger partial charge on any atom is -0.508 e. The van der Waals surface area contributed by atoms with E-state index < -0.39 is 6.04 Å². The summed E-state index contributed by atoms with van der Waals surface area (Å²) >= 11 is 0. The third kappa shape index (κ3) is 3.79. The molecule has 1 saturated heterocycles. The first-order valence-electron chi connectivity index (χ1n) is 6.46. The standard InChI is InChI=1S/C14H18N2O3/c17-9-11(8-10-3-5-12(18)6-4-10)16-14(19)13-2-1-7-15-13/h3-6,9,11,13,15,18H,1-2,7-8H2,(H,16,19)/t11-,13-/m0/s1. The van der Waals surface area contributed by atoms with E-state index in [1.54, 1.807) is 24.3 Å². The highest BCUT2D eigenvalue weighted by Gasteiger charge is 2.23. The summed E-state index contributed by atoms with van der Waals surface area (Å²) in [5.41, 5.74) is 0.898. The summed E-state index contributed by atoms with van der Waals surface area (Å²) in [6.07, 6.45) is 2.99. The number of hydrogen-bond donors (Lipinski definition) is 3. The van der Waals surface area contributed by atoms with Crippen molar-refractivity contribution in [2.24, 2.45) is 0 Å². The van der Waals surface area contributed by atoms with Gasteiger partial charge in [0.1, 0.15) is 12.0 Å². The van der Waals surface area contributed by atoms with Crippen molar-refractivity contribution in [1.29, 1.82) is 0 Å². The van der Waals surface area contributed by atoms with Gasteiger partial charge in [0.05, 0.1) is 12.1 Å². The first kappa shape index (κ1) is 13.5. The Hall–Kier alpha value is -1.88. The molecule has 0 saturated carbocycles. The summed E-state index contributed by atoms with van der Waals surface area (Å²) in [4.78, 5) is 22.9. The van der Waals surface area contributed by atoms with Crippen molar-refractivity contribution in [3.63, 3.8) is 0 Å². The average Bonchev–Trinajstić information content (AvgIpc) is 2.94. The molecular formula is C14H18N2O3. The molecule has 102 valence electrons. The zero-order valence-corrected chi connectivity index (χ0v) is 10.6. The molecule has 0 bridgehead atoms. The molecular weight excluding hydrogens is 244 g/mol. The molecule has 3 N–H and O–H groups in total. The number of phenols is 1. The fourth-order valence-electron chi connectivity index (χ4n) is 2.21. The highest BCUT2D eigenvalue weighted by Crippen LogP contribution is 2.11. The molecule has 0 aliphatic carbocycles. The summed E-state index contributed by atoms with van der Waals surface area (Å²) in [6, 6.07) is 5.91. The molecule has 1 aromatic carbocycles. The van der Waals surface area contributed by atoms with Gasteiger partial charge in [-0.05, 0) is 43.5 Å². The third-order valence-electron chi connectivity index (χ3n) is 3.26. The van der Waals surface area contributed by atoms with E-state index >= 15 is 0 Å². The largest absolute Gasteiger partial charge is 0.508 e. The molecule has 1 heterocycles. The molecule has 5 nitrogen and oxygen atoms in total. The molecule has 2 atom stereocenters. The number of aldehydes is 1. The minimum atomic E-state index is -0.528. The van der Waals surface area contributed by atoms with Crippen LogP contribution in [0.25, 0.3) is 0 Å². The summed E-state index contributed by atoms with van der Waals surface area (Å²) in [5, 5.41) is 15.0. The fraction of sp³-hybridized carbons (Fsp3) is 0.429. The molecule has 0 spiro atoms. The summed E-state index contributed by atoms with van der Waals surface area (Å²) in [7, 11) is 0. The van der Waals surface area contributed by atoms with Gasteiger partial charge in [0.25, 0.3) is 0 Å². The Kier molecular flexibility index (Phi) is 4.52. The summed E-state index contributed by atoms with van der Waals surface area (Å²) in [5.74, 6) is 0.0685. The van der Waals surface area contributed by atoms with Gasteiger partial charge in [0.2, 0.25) is 5.91 Å². The maximum atomic E-state index is 11.9. The van der Waals surface area contributed by atoms with Crippen molar-refractivity contribution in [3.8, 4) is 5.75 Å². The van der Waals surface area contributed by atoms with Gasteiger partial charge in [-0.1, -0.05) is 12.1 Å². The third-order valence-corrected chi connectivity index (χ3v) is 3.26. The Morgan fingerprint density at radius 3 is 2.79 bits per heavy atom. The number of nitrogens with one attached hydrogen (secondary N) is 2. The molecule has 1 amide bonds. The molecule has 1 aromatic rings. The van der Waals surface area contributed by atoms with E-state index in [0.29, 0.717) is 6.42 Å². The second-order valence-electron chi connectivity index (χ2n) is 4.77. The van der Waals surface area contributed by atoms with Gasteiger partial charge in [-0.25, -0.2) is 0 Å². The summed E-state index contributed by atoms with van der Waals surface area (Å²) in [6.45, 7) is 0.849. The lowest BCUT2D eigenvalue weighted by molar-refractivity contribution is -0.125. The van der Waals surface area contributed by atoms with Crippen LogP contribution in [0.15, 0.2) is 24.3 Å². The molecule has 1 aliphatic rings. The Balaban J connectivity index is 1.90. The van der Waals surface area contributed by atoms with Crippen LogP contribution in [0.3, 0.4) is 0 Å². The Morgan fingerprint density at radius 2 is 2.21 bits per heavy atom. The Bertz CT molecular complexity index is 439. The van der Waals surface area contributed by atoms with Crippen LogP contribution in [0, 0.1) is 0 Å². The van der Waals surface area contributed by atoms with E-state index in [1.165, 1.54) is 0 Å². The number of hydrogen-bond acceptors (Lipinski definition) is 4. The Morgan fingerprint density at radius 1 is 1.47 bits per heavy atom. The van der Waals surface area contributed by atoms with Crippen LogP contribution in [0.5, 0.6) is 5.75 Å². The number of carbonyl (C=O) groups is 2. The molecule has 1 fully saturated rings. The fourth-order valence-corrected chi connectivity index (χ4v) is 2.21. The maximum Gasteiger partial charge on any atom is 0.237 e. The second-order valence-corrected chi connectivity index (χ2v) is 4.77. The van der Waals surface area contributed by atoms with Crippen molar-refractivity contribution in [2.45, 2.75) is 31.3 Å². The number of carbonyl (C=O) groups excluding carboxylic acids is 2. The van der Waals surface area contributed by atoms with Crippen molar-refractivity contribution in [1.82, 2.24) is 10.6 Å². The van der Waals surface area contributed by atoms with Crippen molar-refractivity contribution in [3.05, 3.63) is 29.8 Å². The van der Waals surface area contributed by atoms with Crippen LogP contribution in [-0.4, -0.2) is 35.9 Å². The molecule has 0 aromatic heterocycles. The quantitative estimate of drug-likeness (QED) is 0.670. The van der Waals surface area contributed by atoms with Gasteiger partial charge in [0.15, 0.2) is 0 Å². The van der Waals surface area contributed by atoms with Crippen LogP contribution in [0.2, 0.25) is 0 Å². The Labute approximate surface area is 112 Å². The van der Waals surface area contributed by atoms with Gasteiger partial charge in [-0.3, -0.25) is 4.79 Å². The van der Waals surface area contributed by atoms with Crippen molar-refractivity contribution >= 4 is 12.2 Å². The van der Waals surface area contributed by atoms with Crippen LogP contribution in [-0.2, 0) is 16.0 Å². The number of benzene rings is 1. The molecule has 5 heteroatoms. The predicted octanol–water partition coefficient (Wildman–Crippen LogP) is 0.370. The molecule has 1 aliphatic heterocycles. The lowest BCUT2D eigenvalue weighted by Crippen LogP contribution is -2.46. The highest BCUT2D eigenvalue weighted by atomic mass is 16.3. The van der Waals surface area contributed by atoms with Crippen LogP contribution in [0.4, 0.5) is 0 Å². The monoisotopic (exact) mass is 262 g/mol. The van der Waals surface area contributed by atoms with Gasteiger partial charge in [-0.15, -0.1) is 0 Å². The SMILES string of the molecule is O=C[C@H](Cc1ccc(O)cc1)NC(=O)[C@@H]1CCCN1. The zero-order chi connectivity index (χ0) is 13.7. The number of aromatic hydroxyl groups is 1. The average molecular weight is 262 g/mol. The normalized spacial score (nSPS) is 19.9. The van der Waals surface area contributed by atoms with E-state index in [0.717, 1.165) is 31.2 Å². The van der Waals surface area contributed by atoms with Crippen molar-refractivity contribution < 1.29 is 14.7 Å². The second kappa shape index (κ2) is 6.33. The highest BCUT2D eigenvalue weighted by molar-refractivity contribution is 5.84. The van der Waals surface area contributed by atoms with E-state index in [1.807, 2.05) is 0 Å². The summed E-state index contributed by atoms with van der Waals surface area (Å²) < 4.78 is 0. The topological polar surface area (TPSA) is 78.4 Å².